The zero-order chi connectivity index (χ0) is 23.9. The molecule has 0 atom stereocenters. The van der Waals surface area contributed by atoms with Gasteiger partial charge in [0.05, 0.1) is 22.5 Å². The fraction of sp³-hybridized carbons (Fsp3) is 0.0714. The highest BCUT2D eigenvalue weighted by atomic mass is 16.5. The quantitative estimate of drug-likeness (QED) is 0.177. The number of ether oxygens (including phenoxy) is 2. The number of benzene rings is 4. The summed E-state index contributed by atoms with van der Waals surface area (Å²) >= 11 is 0. The first-order valence-corrected chi connectivity index (χ1v) is 10.7. The molecule has 0 saturated carbocycles. The highest BCUT2D eigenvalue weighted by Crippen LogP contribution is 2.21. The van der Waals surface area contributed by atoms with Gasteiger partial charge in [-0.3, -0.25) is 0 Å². The molecule has 4 aromatic rings. The summed E-state index contributed by atoms with van der Waals surface area (Å²) in [6, 6.07) is 27.8. The minimum atomic E-state index is -0.444. The first-order valence-electron chi connectivity index (χ1n) is 10.7. The molecular formula is C28H22N2O4. The molecule has 0 fully saturated rings. The number of nitrogens with zero attached hydrogens (tertiary/aromatic N) is 2. The number of carbonyl (C=O) groups is 2. The first-order chi connectivity index (χ1) is 16.5. The lowest BCUT2D eigenvalue weighted by molar-refractivity contribution is 0.0725. The van der Waals surface area contributed by atoms with Crippen molar-refractivity contribution in [2.24, 2.45) is 10.2 Å². The van der Waals surface area contributed by atoms with Crippen molar-refractivity contribution < 1.29 is 19.1 Å². The van der Waals surface area contributed by atoms with Crippen LogP contribution < -0.4 is 9.47 Å². The molecular weight excluding hydrogens is 428 g/mol. The van der Waals surface area contributed by atoms with Crippen molar-refractivity contribution in [3.8, 4) is 11.5 Å². The van der Waals surface area contributed by atoms with E-state index >= 15 is 0 Å². The van der Waals surface area contributed by atoms with Crippen molar-refractivity contribution in [3.63, 3.8) is 0 Å². The monoisotopic (exact) mass is 450 g/mol. The number of azo groups is 1. The Labute approximate surface area is 197 Å². The van der Waals surface area contributed by atoms with Gasteiger partial charge < -0.3 is 9.47 Å². The lowest BCUT2D eigenvalue weighted by Gasteiger charge is -2.05. The van der Waals surface area contributed by atoms with Crippen LogP contribution in [0, 0.1) is 13.8 Å². The highest BCUT2D eigenvalue weighted by molar-refractivity contribution is 5.92. The van der Waals surface area contributed by atoms with E-state index in [4.69, 9.17) is 9.47 Å². The van der Waals surface area contributed by atoms with Crippen LogP contribution in [0.25, 0.3) is 0 Å². The Hall–Kier alpha value is -4.58. The van der Waals surface area contributed by atoms with Crippen LogP contribution in [-0.2, 0) is 0 Å². The minimum absolute atomic E-state index is 0.413. The van der Waals surface area contributed by atoms with Gasteiger partial charge in [0, 0.05) is 0 Å². The molecule has 0 heterocycles. The lowest BCUT2D eigenvalue weighted by Crippen LogP contribution is -2.08. The SMILES string of the molecule is Cc1ccc(OC(=O)c2ccc(N=Nc3ccc(C(=O)Oc4ccc(C)cc4)cc3)cc2)cc1. The molecule has 0 saturated heterocycles. The molecule has 0 bridgehead atoms. The summed E-state index contributed by atoms with van der Waals surface area (Å²) in [6.45, 7) is 3.93. The zero-order valence-corrected chi connectivity index (χ0v) is 18.8. The molecule has 34 heavy (non-hydrogen) atoms. The minimum Gasteiger partial charge on any atom is -0.423 e. The van der Waals surface area contributed by atoms with E-state index in [0.29, 0.717) is 34.0 Å². The predicted octanol–water partition coefficient (Wildman–Crippen LogP) is 7.16. The van der Waals surface area contributed by atoms with Crippen LogP contribution in [0.3, 0.4) is 0 Å². The van der Waals surface area contributed by atoms with Gasteiger partial charge in [-0.15, -0.1) is 0 Å². The van der Waals surface area contributed by atoms with E-state index in [9.17, 15) is 9.59 Å². The maximum atomic E-state index is 12.3. The van der Waals surface area contributed by atoms with Crippen LogP contribution in [-0.4, -0.2) is 11.9 Å². The number of esters is 2. The molecule has 0 aliphatic rings. The molecule has 6 nitrogen and oxygen atoms in total. The molecule has 4 aromatic carbocycles. The lowest BCUT2D eigenvalue weighted by atomic mass is 10.2. The number of aryl methyl sites for hydroxylation is 2. The molecule has 4 rings (SSSR count). The van der Waals surface area contributed by atoms with Crippen molar-refractivity contribution in [3.05, 3.63) is 119 Å². The summed E-state index contributed by atoms with van der Waals surface area (Å²) in [5.74, 6) is 0.0945. The second-order valence-electron chi connectivity index (χ2n) is 7.70. The maximum absolute atomic E-state index is 12.3. The van der Waals surface area contributed by atoms with Gasteiger partial charge in [0.15, 0.2) is 0 Å². The fourth-order valence-corrected chi connectivity index (χ4v) is 2.99. The van der Waals surface area contributed by atoms with Crippen LogP contribution in [0.2, 0.25) is 0 Å². The van der Waals surface area contributed by atoms with Gasteiger partial charge in [0.25, 0.3) is 0 Å². The molecule has 0 aliphatic heterocycles. The average Bonchev–Trinajstić information content (AvgIpc) is 2.86. The number of carbonyl (C=O) groups excluding carboxylic acids is 2. The topological polar surface area (TPSA) is 77.3 Å². The van der Waals surface area contributed by atoms with E-state index in [2.05, 4.69) is 10.2 Å². The average molecular weight is 450 g/mol. The second kappa shape index (κ2) is 10.4. The van der Waals surface area contributed by atoms with Crippen LogP contribution in [0.5, 0.6) is 11.5 Å². The van der Waals surface area contributed by atoms with Crippen LogP contribution >= 0.6 is 0 Å². The molecule has 0 radical (unpaired) electrons. The normalized spacial score (nSPS) is 10.8. The fourth-order valence-electron chi connectivity index (χ4n) is 2.99. The van der Waals surface area contributed by atoms with E-state index in [1.807, 2.05) is 38.1 Å². The van der Waals surface area contributed by atoms with Gasteiger partial charge >= 0.3 is 11.9 Å². The first kappa shape index (κ1) is 22.6. The van der Waals surface area contributed by atoms with Crippen molar-refractivity contribution in [2.75, 3.05) is 0 Å². The zero-order valence-electron chi connectivity index (χ0n) is 18.8. The van der Waals surface area contributed by atoms with Gasteiger partial charge in [-0.25, -0.2) is 9.59 Å². The Morgan fingerprint density at radius 3 is 1.15 bits per heavy atom. The van der Waals surface area contributed by atoms with Gasteiger partial charge in [0.2, 0.25) is 0 Å². The molecule has 0 unspecified atom stereocenters. The van der Waals surface area contributed by atoms with E-state index < -0.39 is 11.9 Å². The van der Waals surface area contributed by atoms with Gasteiger partial charge in [-0.1, -0.05) is 35.4 Å². The number of hydrogen-bond donors (Lipinski definition) is 0. The van der Waals surface area contributed by atoms with E-state index in [1.54, 1.807) is 72.8 Å². The Balaban J connectivity index is 1.34. The molecule has 0 aromatic heterocycles. The molecule has 0 aliphatic carbocycles. The Morgan fingerprint density at radius 2 is 0.824 bits per heavy atom. The summed E-state index contributed by atoms with van der Waals surface area (Å²) in [5, 5.41) is 8.36. The van der Waals surface area contributed by atoms with E-state index in [1.165, 1.54) is 0 Å². The molecule has 0 N–H and O–H groups in total. The van der Waals surface area contributed by atoms with Crippen LogP contribution in [0.1, 0.15) is 31.8 Å². The van der Waals surface area contributed by atoms with Crippen molar-refractivity contribution >= 4 is 23.3 Å². The van der Waals surface area contributed by atoms with E-state index in [0.717, 1.165) is 11.1 Å². The van der Waals surface area contributed by atoms with E-state index in [-0.39, 0.29) is 0 Å². The van der Waals surface area contributed by atoms with Crippen molar-refractivity contribution in [1.82, 2.24) is 0 Å². The summed E-state index contributed by atoms with van der Waals surface area (Å²) in [4.78, 5) is 24.6. The van der Waals surface area contributed by atoms with Gasteiger partial charge in [0.1, 0.15) is 11.5 Å². The smallest absolute Gasteiger partial charge is 0.343 e. The van der Waals surface area contributed by atoms with Crippen molar-refractivity contribution in [2.45, 2.75) is 13.8 Å². The summed E-state index contributed by atoms with van der Waals surface area (Å²) in [6.07, 6.45) is 0. The third-order valence-corrected chi connectivity index (χ3v) is 4.95. The number of hydrogen-bond acceptors (Lipinski definition) is 6. The van der Waals surface area contributed by atoms with Gasteiger partial charge in [-0.05, 0) is 86.6 Å². The summed E-state index contributed by atoms with van der Waals surface area (Å²) in [7, 11) is 0. The molecule has 168 valence electrons. The van der Waals surface area contributed by atoms with Crippen molar-refractivity contribution in [1.29, 1.82) is 0 Å². The third kappa shape index (κ3) is 6.01. The molecule has 0 amide bonds. The Morgan fingerprint density at radius 1 is 0.500 bits per heavy atom. The van der Waals surface area contributed by atoms with Crippen LogP contribution in [0.4, 0.5) is 11.4 Å². The number of rotatable bonds is 6. The molecule has 0 spiro atoms. The Bertz CT molecular complexity index is 1200. The Kier molecular flexibility index (Phi) is 6.89. The van der Waals surface area contributed by atoms with Gasteiger partial charge in [-0.2, -0.15) is 10.2 Å². The summed E-state index contributed by atoms with van der Waals surface area (Å²) in [5.41, 5.74) is 4.16. The third-order valence-electron chi connectivity index (χ3n) is 4.95. The molecule has 6 heteroatoms. The maximum Gasteiger partial charge on any atom is 0.343 e. The standard InChI is InChI=1S/C28H22N2O4/c1-19-3-15-25(16-4-19)33-27(31)21-7-11-23(12-8-21)29-30-24-13-9-22(10-14-24)28(32)34-26-17-5-20(2)6-18-26/h3-18H,1-2H3. The predicted molar refractivity (Wildman–Crippen MR) is 129 cm³/mol. The largest absolute Gasteiger partial charge is 0.423 e. The summed E-state index contributed by atoms with van der Waals surface area (Å²) < 4.78 is 10.7. The van der Waals surface area contributed by atoms with Crippen LogP contribution in [0.15, 0.2) is 107 Å². The highest BCUT2D eigenvalue weighted by Gasteiger charge is 2.10. The second-order valence-corrected chi connectivity index (χ2v) is 7.70.